The van der Waals surface area contributed by atoms with Crippen molar-refractivity contribution < 1.29 is 4.74 Å². The minimum absolute atomic E-state index is 0.500. The molecule has 0 aromatic rings. The molecular formula is C16H29NO. The van der Waals surface area contributed by atoms with Crippen molar-refractivity contribution in [2.45, 2.75) is 77.5 Å². The van der Waals surface area contributed by atoms with Crippen LogP contribution in [0.5, 0.6) is 0 Å². The van der Waals surface area contributed by atoms with Crippen molar-refractivity contribution in [3.8, 4) is 0 Å². The van der Waals surface area contributed by atoms with Crippen LogP contribution in [0.1, 0.15) is 59.3 Å². The zero-order valence-corrected chi connectivity index (χ0v) is 12.2. The maximum absolute atomic E-state index is 6.35. The van der Waals surface area contributed by atoms with E-state index in [1.165, 1.54) is 38.5 Å². The van der Waals surface area contributed by atoms with Gasteiger partial charge in [0.25, 0.3) is 0 Å². The molecule has 2 nitrogen and oxygen atoms in total. The molecule has 0 bridgehead atoms. The number of hydrogen-bond donors (Lipinski definition) is 1. The molecule has 0 radical (unpaired) electrons. The maximum Gasteiger partial charge on any atom is 0.0732 e. The fourth-order valence-electron chi connectivity index (χ4n) is 3.80. The Bertz CT molecular complexity index is 297. The molecule has 0 aromatic heterocycles. The van der Waals surface area contributed by atoms with E-state index in [4.69, 9.17) is 4.74 Å². The summed E-state index contributed by atoms with van der Waals surface area (Å²) in [5.74, 6) is 1.75. The minimum Gasteiger partial charge on any atom is -0.372 e. The quantitative estimate of drug-likeness (QED) is 0.830. The van der Waals surface area contributed by atoms with E-state index < -0.39 is 0 Å². The van der Waals surface area contributed by atoms with Crippen LogP contribution in [0.25, 0.3) is 0 Å². The van der Waals surface area contributed by atoms with Crippen LogP contribution in [0, 0.1) is 17.3 Å². The molecule has 3 fully saturated rings. The molecule has 18 heavy (non-hydrogen) atoms. The molecule has 104 valence electrons. The van der Waals surface area contributed by atoms with Crippen molar-refractivity contribution in [1.29, 1.82) is 0 Å². The lowest BCUT2D eigenvalue weighted by Gasteiger charge is -2.47. The SMILES string of the molecule is CCC(C)(C)C1CCC2OC(C3CC3)CNC2C1. The summed E-state index contributed by atoms with van der Waals surface area (Å²) in [6.45, 7) is 8.31. The molecule has 4 unspecified atom stereocenters. The van der Waals surface area contributed by atoms with Crippen LogP contribution in [0.2, 0.25) is 0 Å². The van der Waals surface area contributed by atoms with Gasteiger partial charge in [-0.05, 0) is 49.4 Å². The third-order valence-corrected chi connectivity index (χ3v) is 5.88. The van der Waals surface area contributed by atoms with Gasteiger partial charge in [-0.15, -0.1) is 0 Å². The first kappa shape index (κ1) is 12.9. The van der Waals surface area contributed by atoms with Crippen molar-refractivity contribution in [3.05, 3.63) is 0 Å². The van der Waals surface area contributed by atoms with Gasteiger partial charge < -0.3 is 10.1 Å². The van der Waals surface area contributed by atoms with Crippen LogP contribution < -0.4 is 5.32 Å². The van der Waals surface area contributed by atoms with E-state index in [9.17, 15) is 0 Å². The lowest BCUT2D eigenvalue weighted by molar-refractivity contribution is -0.101. The maximum atomic E-state index is 6.35. The van der Waals surface area contributed by atoms with Gasteiger partial charge >= 0.3 is 0 Å². The van der Waals surface area contributed by atoms with Crippen molar-refractivity contribution in [2.24, 2.45) is 17.3 Å². The van der Waals surface area contributed by atoms with Gasteiger partial charge in [-0.3, -0.25) is 0 Å². The summed E-state index contributed by atoms with van der Waals surface area (Å²) in [6.07, 6.45) is 9.08. The highest BCUT2D eigenvalue weighted by Crippen LogP contribution is 2.44. The molecule has 1 heterocycles. The van der Waals surface area contributed by atoms with Crippen LogP contribution in [-0.2, 0) is 4.74 Å². The number of rotatable bonds is 3. The summed E-state index contributed by atoms with van der Waals surface area (Å²) in [4.78, 5) is 0. The molecule has 0 aromatic carbocycles. The van der Waals surface area contributed by atoms with Gasteiger partial charge in [0.2, 0.25) is 0 Å². The Balaban J connectivity index is 1.58. The first-order valence-corrected chi connectivity index (χ1v) is 7.99. The average molecular weight is 251 g/mol. The predicted octanol–water partition coefficient (Wildman–Crippen LogP) is 3.36. The van der Waals surface area contributed by atoms with Crippen LogP contribution in [0.15, 0.2) is 0 Å². The Kier molecular flexibility index (Phi) is 3.44. The largest absolute Gasteiger partial charge is 0.372 e. The number of morpholine rings is 1. The summed E-state index contributed by atoms with van der Waals surface area (Å²) in [5, 5.41) is 3.79. The van der Waals surface area contributed by atoms with Gasteiger partial charge in [0.05, 0.1) is 12.2 Å². The average Bonchev–Trinajstić information content (AvgIpc) is 3.22. The topological polar surface area (TPSA) is 21.3 Å². The van der Waals surface area contributed by atoms with E-state index >= 15 is 0 Å². The molecule has 2 heteroatoms. The summed E-state index contributed by atoms with van der Waals surface area (Å²) < 4.78 is 6.35. The smallest absolute Gasteiger partial charge is 0.0732 e. The Morgan fingerprint density at radius 1 is 1.11 bits per heavy atom. The zero-order valence-electron chi connectivity index (χ0n) is 12.2. The first-order valence-electron chi connectivity index (χ1n) is 7.99. The van der Waals surface area contributed by atoms with E-state index in [1.54, 1.807) is 0 Å². The van der Waals surface area contributed by atoms with Crippen molar-refractivity contribution in [2.75, 3.05) is 6.54 Å². The molecule has 1 aliphatic heterocycles. The monoisotopic (exact) mass is 251 g/mol. The number of fused-ring (bicyclic) bond motifs is 1. The summed E-state index contributed by atoms with van der Waals surface area (Å²) in [7, 11) is 0. The van der Waals surface area contributed by atoms with E-state index in [-0.39, 0.29) is 0 Å². The molecule has 3 aliphatic rings. The second-order valence-electron chi connectivity index (χ2n) is 7.42. The number of ether oxygens (including phenoxy) is 1. The molecule has 1 N–H and O–H groups in total. The molecular weight excluding hydrogens is 222 g/mol. The van der Waals surface area contributed by atoms with Gasteiger partial charge in [0, 0.05) is 12.6 Å². The fourth-order valence-corrected chi connectivity index (χ4v) is 3.80. The van der Waals surface area contributed by atoms with Crippen molar-refractivity contribution in [1.82, 2.24) is 5.32 Å². The van der Waals surface area contributed by atoms with Crippen LogP contribution in [0.4, 0.5) is 0 Å². The Labute approximate surface area is 112 Å². The summed E-state index contributed by atoms with van der Waals surface area (Å²) in [6, 6.07) is 0.629. The summed E-state index contributed by atoms with van der Waals surface area (Å²) in [5.41, 5.74) is 0.500. The van der Waals surface area contributed by atoms with Crippen LogP contribution in [0.3, 0.4) is 0 Å². The molecule has 2 saturated carbocycles. The van der Waals surface area contributed by atoms with E-state index in [1.807, 2.05) is 0 Å². The summed E-state index contributed by atoms with van der Waals surface area (Å²) >= 11 is 0. The molecule has 0 amide bonds. The van der Waals surface area contributed by atoms with Crippen molar-refractivity contribution in [3.63, 3.8) is 0 Å². The second-order valence-corrected chi connectivity index (χ2v) is 7.42. The molecule has 4 atom stereocenters. The van der Waals surface area contributed by atoms with Gasteiger partial charge in [0.15, 0.2) is 0 Å². The Morgan fingerprint density at radius 2 is 1.89 bits per heavy atom. The first-order chi connectivity index (χ1) is 8.60. The third kappa shape index (κ3) is 2.46. The minimum atomic E-state index is 0.500. The number of nitrogens with one attached hydrogen (secondary N) is 1. The standard InChI is InChI=1S/C16H29NO/c1-4-16(2,3)12-7-8-14-13(9-12)17-10-15(18-14)11-5-6-11/h11-15,17H,4-10H2,1-3H3. The highest BCUT2D eigenvalue weighted by atomic mass is 16.5. The highest BCUT2D eigenvalue weighted by Gasteiger charge is 2.43. The highest BCUT2D eigenvalue weighted by molar-refractivity contribution is 4.96. The molecule has 2 aliphatic carbocycles. The third-order valence-electron chi connectivity index (χ3n) is 5.88. The number of hydrogen-bond acceptors (Lipinski definition) is 2. The normalized spacial score (nSPS) is 41.5. The van der Waals surface area contributed by atoms with Gasteiger partial charge in [-0.2, -0.15) is 0 Å². The predicted molar refractivity (Wildman–Crippen MR) is 74.6 cm³/mol. The Hall–Kier alpha value is -0.0800. The van der Waals surface area contributed by atoms with Crippen LogP contribution >= 0.6 is 0 Å². The Morgan fingerprint density at radius 3 is 2.56 bits per heavy atom. The lowest BCUT2D eigenvalue weighted by Crippen LogP contribution is -2.56. The molecule has 1 saturated heterocycles. The zero-order chi connectivity index (χ0) is 12.8. The van der Waals surface area contributed by atoms with Crippen LogP contribution in [-0.4, -0.2) is 24.8 Å². The molecule has 0 spiro atoms. The lowest BCUT2D eigenvalue weighted by atomic mass is 9.67. The molecule has 3 rings (SSSR count). The van der Waals surface area contributed by atoms with Gasteiger partial charge in [-0.25, -0.2) is 0 Å². The van der Waals surface area contributed by atoms with Gasteiger partial charge in [0.1, 0.15) is 0 Å². The fraction of sp³-hybridized carbons (Fsp3) is 1.00. The second kappa shape index (κ2) is 4.79. The van der Waals surface area contributed by atoms with Crippen molar-refractivity contribution >= 4 is 0 Å². The van der Waals surface area contributed by atoms with E-state index in [0.717, 1.165) is 18.4 Å². The van der Waals surface area contributed by atoms with E-state index in [0.29, 0.717) is 23.7 Å². The van der Waals surface area contributed by atoms with E-state index in [2.05, 4.69) is 26.1 Å². The van der Waals surface area contributed by atoms with Gasteiger partial charge in [-0.1, -0.05) is 27.2 Å².